The van der Waals surface area contributed by atoms with Crippen LogP contribution in [0.25, 0.3) is 0 Å². The number of hydrogen-bond donors (Lipinski definition) is 1. The Labute approximate surface area is 206 Å². The van der Waals surface area contributed by atoms with E-state index in [2.05, 4.69) is 21.2 Å². The zero-order chi connectivity index (χ0) is 23.1. The minimum Gasteiger partial charge on any atom is -0.482 e. The lowest BCUT2D eigenvalue weighted by molar-refractivity contribution is -0.142. The summed E-state index contributed by atoms with van der Waals surface area (Å²) in [4.78, 5) is 27.2. The van der Waals surface area contributed by atoms with Gasteiger partial charge in [0.1, 0.15) is 11.8 Å². The Balaban J connectivity index is 2.20. The van der Waals surface area contributed by atoms with E-state index in [9.17, 15) is 9.59 Å². The van der Waals surface area contributed by atoms with Gasteiger partial charge in [0.05, 0.1) is 5.02 Å². The molecule has 0 unspecified atom stereocenters. The highest BCUT2D eigenvalue weighted by atomic mass is 79.9. The Hall–Kier alpha value is -1.47. The van der Waals surface area contributed by atoms with E-state index in [0.29, 0.717) is 32.9 Å². The number of hydrogen-bond acceptors (Lipinski definition) is 3. The SMILES string of the molecule is CC(C)CNC(=O)[C@H](C)N(Cc1ccc(Cl)cc1Cl)C(=O)COc1ccc(Br)cc1Cl. The van der Waals surface area contributed by atoms with Gasteiger partial charge < -0.3 is 15.0 Å². The predicted octanol–water partition coefficient (Wildman–Crippen LogP) is 5.98. The summed E-state index contributed by atoms with van der Waals surface area (Å²) in [5.74, 6) is 0.0273. The van der Waals surface area contributed by atoms with Crippen LogP contribution in [0.15, 0.2) is 40.9 Å². The van der Waals surface area contributed by atoms with Crippen molar-refractivity contribution >= 4 is 62.5 Å². The summed E-state index contributed by atoms with van der Waals surface area (Å²) in [5.41, 5.74) is 0.671. The molecule has 0 aliphatic carbocycles. The Morgan fingerprint density at radius 3 is 2.39 bits per heavy atom. The van der Waals surface area contributed by atoms with Crippen LogP contribution in [0.2, 0.25) is 15.1 Å². The molecule has 2 aromatic rings. The molecule has 168 valence electrons. The van der Waals surface area contributed by atoms with Crippen molar-refractivity contribution in [1.82, 2.24) is 10.2 Å². The van der Waals surface area contributed by atoms with E-state index in [1.54, 1.807) is 43.3 Å². The van der Waals surface area contributed by atoms with E-state index in [-0.39, 0.29) is 30.9 Å². The summed E-state index contributed by atoms with van der Waals surface area (Å²) in [6, 6.07) is 9.39. The molecule has 2 amide bonds. The molecule has 1 atom stereocenters. The first-order valence-corrected chi connectivity index (χ1v) is 11.6. The summed E-state index contributed by atoms with van der Waals surface area (Å²) in [5, 5.41) is 4.14. The van der Waals surface area contributed by atoms with E-state index in [1.807, 2.05) is 13.8 Å². The third-order valence-electron chi connectivity index (χ3n) is 4.45. The van der Waals surface area contributed by atoms with Crippen molar-refractivity contribution in [3.05, 3.63) is 61.5 Å². The van der Waals surface area contributed by atoms with Gasteiger partial charge >= 0.3 is 0 Å². The van der Waals surface area contributed by atoms with Crippen LogP contribution in [-0.4, -0.2) is 35.9 Å². The second-order valence-electron chi connectivity index (χ2n) is 7.44. The molecular weight excluding hydrogens is 527 g/mol. The lowest BCUT2D eigenvalue weighted by Gasteiger charge is -2.29. The number of amides is 2. The fourth-order valence-corrected chi connectivity index (χ4v) is 3.88. The second-order valence-corrected chi connectivity index (χ2v) is 9.60. The van der Waals surface area contributed by atoms with Gasteiger partial charge in [-0.15, -0.1) is 0 Å². The lowest BCUT2D eigenvalue weighted by atomic mass is 10.1. The molecule has 0 saturated carbocycles. The number of carbonyl (C=O) groups excluding carboxylic acids is 2. The number of halogens is 4. The van der Waals surface area contributed by atoms with Crippen molar-refractivity contribution in [1.29, 1.82) is 0 Å². The van der Waals surface area contributed by atoms with Gasteiger partial charge in [0.15, 0.2) is 6.61 Å². The van der Waals surface area contributed by atoms with Gasteiger partial charge in [-0.3, -0.25) is 9.59 Å². The summed E-state index contributed by atoms with van der Waals surface area (Å²) in [7, 11) is 0. The smallest absolute Gasteiger partial charge is 0.261 e. The van der Waals surface area contributed by atoms with Crippen LogP contribution in [0, 0.1) is 5.92 Å². The molecule has 9 heteroatoms. The molecule has 0 bridgehead atoms. The average molecular weight is 551 g/mol. The molecular formula is C22H24BrCl3N2O3. The molecule has 2 rings (SSSR count). The second kappa shape index (κ2) is 12.0. The molecule has 5 nitrogen and oxygen atoms in total. The molecule has 0 aliphatic rings. The molecule has 0 saturated heterocycles. The zero-order valence-electron chi connectivity index (χ0n) is 17.4. The highest BCUT2D eigenvalue weighted by Gasteiger charge is 2.27. The van der Waals surface area contributed by atoms with Crippen molar-refractivity contribution < 1.29 is 14.3 Å². The topological polar surface area (TPSA) is 58.6 Å². The fourth-order valence-electron chi connectivity index (χ4n) is 2.68. The molecule has 0 fully saturated rings. The van der Waals surface area contributed by atoms with Crippen LogP contribution in [0.4, 0.5) is 0 Å². The van der Waals surface area contributed by atoms with E-state index in [0.717, 1.165) is 4.47 Å². The van der Waals surface area contributed by atoms with Gasteiger partial charge in [-0.1, -0.05) is 70.6 Å². The van der Waals surface area contributed by atoms with Gasteiger partial charge in [-0.05, 0) is 48.7 Å². The molecule has 31 heavy (non-hydrogen) atoms. The maximum atomic E-state index is 13.1. The Morgan fingerprint density at radius 1 is 1.06 bits per heavy atom. The minimum absolute atomic E-state index is 0.128. The lowest BCUT2D eigenvalue weighted by Crippen LogP contribution is -2.49. The quantitative estimate of drug-likeness (QED) is 0.418. The first kappa shape index (κ1) is 25.8. The van der Waals surface area contributed by atoms with Crippen molar-refractivity contribution in [3.63, 3.8) is 0 Å². The van der Waals surface area contributed by atoms with Gasteiger partial charge in [-0.25, -0.2) is 0 Å². The maximum absolute atomic E-state index is 13.1. The third kappa shape index (κ3) is 7.86. The summed E-state index contributed by atoms with van der Waals surface area (Å²) in [6.45, 7) is 6.02. The number of rotatable bonds is 9. The first-order chi connectivity index (χ1) is 14.6. The molecule has 2 aromatic carbocycles. The third-order valence-corrected chi connectivity index (χ3v) is 5.83. The number of benzene rings is 2. The largest absolute Gasteiger partial charge is 0.482 e. The predicted molar refractivity (Wildman–Crippen MR) is 129 cm³/mol. The molecule has 0 heterocycles. The zero-order valence-corrected chi connectivity index (χ0v) is 21.3. The summed E-state index contributed by atoms with van der Waals surface area (Å²) in [6.07, 6.45) is 0. The standard InChI is InChI=1S/C22H24BrCl3N2O3/c1-13(2)10-27-22(30)14(3)28(11-15-4-6-17(24)9-18(15)25)21(29)12-31-20-7-5-16(23)8-19(20)26/h4-9,13-14H,10-12H2,1-3H3,(H,27,30)/t14-/m0/s1. The van der Waals surface area contributed by atoms with Crippen LogP contribution < -0.4 is 10.1 Å². The molecule has 1 N–H and O–H groups in total. The highest BCUT2D eigenvalue weighted by Crippen LogP contribution is 2.28. The fraction of sp³-hybridized carbons (Fsp3) is 0.364. The molecule has 0 aliphatic heterocycles. The Bertz CT molecular complexity index is 940. The minimum atomic E-state index is -0.734. The Kier molecular flexibility index (Phi) is 9.94. The van der Waals surface area contributed by atoms with Gasteiger partial charge in [0.2, 0.25) is 5.91 Å². The van der Waals surface area contributed by atoms with Crippen LogP contribution >= 0.6 is 50.7 Å². The molecule has 0 radical (unpaired) electrons. The molecule has 0 spiro atoms. The number of nitrogens with zero attached hydrogens (tertiary/aromatic N) is 1. The van der Waals surface area contributed by atoms with Crippen LogP contribution in [0.5, 0.6) is 5.75 Å². The van der Waals surface area contributed by atoms with Gasteiger partial charge in [0.25, 0.3) is 5.91 Å². The number of nitrogens with one attached hydrogen (secondary N) is 1. The average Bonchev–Trinajstić information content (AvgIpc) is 2.70. The van der Waals surface area contributed by atoms with Crippen LogP contribution in [-0.2, 0) is 16.1 Å². The number of carbonyl (C=O) groups is 2. The normalized spacial score (nSPS) is 11.9. The maximum Gasteiger partial charge on any atom is 0.261 e. The van der Waals surface area contributed by atoms with Crippen LogP contribution in [0.3, 0.4) is 0 Å². The summed E-state index contributed by atoms with van der Waals surface area (Å²) < 4.78 is 6.42. The first-order valence-electron chi connectivity index (χ1n) is 9.67. The highest BCUT2D eigenvalue weighted by molar-refractivity contribution is 9.10. The summed E-state index contributed by atoms with van der Waals surface area (Å²) >= 11 is 21.8. The van der Waals surface area contributed by atoms with Crippen molar-refractivity contribution in [2.24, 2.45) is 5.92 Å². The van der Waals surface area contributed by atoms with Gasteiger partial charge in [0, 0.05) is 27.6 Å². The van der Waals surface area contributed by atoms with E-state index >= 15 is 0 Å². The molecule has 0 aromatic heterocycles. The Morgan fingerprint density at radius 2 is 1.77 bits per heavy atom. The van der Waals surface area contributed by atoms with E-state index < -0.39 is 6.04 Å². The van der Waals surface area contributed by atoms with E-state index in [1.165, 1.54) is 4.90 Å². The monoisotopic (exact) mass is 548 g/mol. The van der Waals surface area contributed by atoms with Crippen molar-refractivity contribution in [2.75, 3.05) is 13.2 Å². The van der Waals surface area contributed by atoms with Crippen molar-refractivity contribution in [2.45, 2.75) is 33.4 Å². The van der Waals surface area contributed by atoms with E-state index in [4.69, 9.17) is 39.5 Å². The number of ether oxygens (including phenoxy) is 1. The van der Waals surface area contributed by atoms with Crippen molar-refractivity contribution in [3.8, 4) is 5.75 Å². The van der Waals surface area contributed by atoms with Gasteiger partial charge in [-0.2, -0.15) is 0 Å². The van der Waals surface area contributed by atoms with Crippen LogP contribution in [0.1, 0.15) is 26.3 Å².